The molecular weight excluding hydrogens is 280 g/mol. The van der Waals surface area contributed by atoms with Crippen LogP contribution in [0.3, 0.4) is 0 Å². The summed E-state index contributed by atoms with van der Waals surface area (Å²) in [4.78, 5) is 19.9. The number of nitrogens with one attached hydrogen (secondary N) is 1. The Kier molecular flexibility index (Phi) is 3.74. The Morgan fingerprint density at radius 1 is 1.32 bits per heavy atom. The predicted octanol–water partition coefficient (Wildman–Crippen LogP) is 2.75. The summed E-state index contributed by atoms with van der Waals surface area (Å²) in [5, 5.41) is 2.75. The summed E-state index contributed by atoms with van der Waals surface area (Å²) in [6, 6.07) is 7.73. The van der Waals surface area contributed by atoms with Crippen molar-refractivity contribution < 1.29 is 9.53 Å². The molecule has 3 aromatic rings. The van der Waals surface area contributed by atoms with E-state index in [1.807, 2.05) is 37.4 Å². The van der Waals surface area contributed by atoms with E-state index in [1.165, 1.54) is 6.92 Å². The van der Waals surface area contributed by atoms with Gasteiger partial charge in [0.05, 0.1) is 24.7 Å². The van der Waals surface area contributed by atoms with Crippen LogP contribution in [0.2, 0.25) is 0 Å². The second-order valence-electron chi connectivity index (χ2n) is 4.79. The molecule has 22 heavy (non-hydrogen) atoms. The molecule has 0 unspecified atom stereocenters. The Morgan fingerprint density at radius 2 is 2.18 bits per heavy atom. The number of carbonyl (C=O) groups excluding carboxylic acids is 1. The van der Waals surface area contributed by atoms with Crippen molar-refractivity contribution >= 4 is 17.4 Å². The van der Waals surface area contributed by atoms with Gasteiger partial charge in [-0.25, -0.2) is 4.98 Å². The van der Waals surface area contributed by atoms with Gasteiger partial charge in [0.1, 0.15) is 11.6 Å². The van der Waals surface area contributed by atoms with Crippen LogP contribution in [-0.4, -0.2) is 26.9 Å². The molecule has 6 nitrogen and oxygen atoms in total. The minimum Gasteiger partial charge on any atom is -0.494 e. The van der Waals surface area contributed by atoms with Crippen molar-refractivity contribution in [1.82, 2.24) is 14.4 Å². The zero-order chi connectivity index (χ0) is 15.5. The fourth-order valence-electron chi connectivity index (χ4n) is 2.22. The van der Waals surface area contributed by atoms with Gasteiger partial charge in [0.15, 0.2) is 5.65 Å². The smallest absolute Gasteiger partial charge is 0.222 e. The van der Waals surface area contributed by atoms with Crippen LogP contribution in [0.5, 0.6) is 5.75 Å². The van der Waals surface area contributed by atoms with Gasteiger partial charge >= 0.3 is 0 Å². The molecule has 0 atom stereocenters. The predicted molar refractivity (Wildman–Crippen MR) is 83.9 cm³/mol. The zero-order valence-electron chi connectivity index (χ0n) is 12.4. The summed E-state index contributed by atoms with van der Waals surface area (Å²) in [5.74, 6) is 1.28. The van der Waals surface area contributed by atoms with Crippen molar-refractivity contribution in [2.75, 3.05) is 11.9 Å². The van der Waals surface area contributed by atoms with Gasteiger partial charge in [0, 0.05) is 18.7 Å². The first-order valence-corrected chi connectivity index (χ1v) is 7.01. The number of amides is 1. The number of hydrogen-bond donors (Lipinski definition) is 1. The Balaban J connectivity index is 2.03. The SMILES string of the molecule is CCOc1cccc(-c2cn3c(NC(C)=O)cnc3cn2)c1. The highest BCUT2D eigenvalue weighted by molar-refractivity contribution is 5.88. The molecule has 112 valence electrons. The van der Waals surface area contributed by atoms with E-state index in [0.29, 0.717) is 18.1 Å². The quantitative estimate of drug-likeness (QED) is 0.803. The molecule has 1 N–H and O–H groups in total. The minimum atomic E-state index is -0.140. The van der Waals surface area contributed by atoms with Crippen LogP contribution in [0.1, 0.15) is 13.8 Å². The maximum absolute atomic E-state index is 11.2. The molecule has 1 amide bonds. The minimum absolute atomic E-state index is 0.140. The Hall–Kier alpha value is -2.89. The lowest BCUT2D eigenvalue weighted by Crippen LogP contribution is -2.08. The lowest BCUT2D eigenvalue weighted by Gasteiger charge is -2.07. The van der Waals surface area contributed by atoms with Gasteiger partial charge in [-0.3, -0.25) is 14.2 Å². The molecule has 0 aliphatic rings. The molecule has 6 heteroatoms. The number of aromatic nitrogens is 3. The number of rotatable bonds is 4. The molecule has 2 aromatic heterocycles. The average molecular weight is 296 g/mol. The van der Waals surface area contributed by atoms with Crippen LogP contribution in [0.4, 0.5) is 5.82 Å². The molecule has 0 aliphatic heterocycles. The average Bonchev–Trinajstić information content (AvgIpc) is 2.90. The van der Waals surface area contributed by atoms with E-state index in [9.17, 15) is 4.79 Å². The van der Waals surface area contributed by atoms with Crippen LogP contribution in [0, 0.1) is 0 Å². The molecule has 1 aromatic carbocycles. The van der Waals surface area contributed by atoms with Crippen LogP contribution in [0.25, 0.3) is 16.9 Å². The van der Waals surface area contributed by atoms with Crippen LogP contribution in [0.15, 0.2) is 42.9 Å². The van der Waals surface area contributed by atoms with Gasteiger partial charge < -0.3 is 10.1 Å². The number of carbonyl (C=O) groups is 1. The van der Waals surface area contributed by atoms with Crippen molar-refractivity contribution in [2.24, 2.45) is 0 Å². The summed E-state index contributed by atoms with van der Waals surface area (Å²) < 4.78 is 7.32. The third kappa shape index (κ3) is 2.76. The first-order valence-electron chi connectivity index (χ1n) is 7.01. The van der Waals surface area contributed by atoms with Crippen molar-refractivity contribution in [3.63, 3.8) is 0 Å². The van der Waals surface area contributed by atoms with E-state index in [2.05, 4.69) is 15.3 Å². The number of nitrogens with zero attached hydrogens (tertiary/aromatic N) is 3. The maximum Gasteiger partial charge on any atom is 0.222 e. The van der Waals surface area contributed by atoms with Crippen molar-refractivity contribution in [2.45, 2.75) is 13.8 Å². The molecule has 2 heterocycles. The van der Waals surface area contributed by atoms with Gasteiger partial charge in [-0.1, -0.05) is 12.1 Å². The summed E-state index contributed by atoms with van der Waals surface area (Å²) >= 11 is 0. The van der Waals surface area contributed by atoms with Crippen molar-refractivity contribution in [1.29, 1.82) is 0 Å². The molecule has 0 fully saturated rings. The number of ether oxygens (including phenoxy) is 1. The van der Waals surface area contributed by atoms with E-state index in [4.69, 9.17) is 4.74 Å². The highest BCUT2D eigenvalue weighted by Gasteiger charge is 2.08. The molecule has 0 aliphatic carbocycles. The number of benzene rings is 1. The normalized spacial score (nSPS) is 10.6. The second kappa shape index (κ2) is 5.85. The topological polar surface area (TPSA) is 68.5 Å². The Morgan fingerprint density at radius 3 is 2.95 bits per heavy atom. The van der Waals surface area contributed by atoms with Gasteiger partial charge in [-0.15, -0.1) is 0 Å². The van der Waals surface area contributed by atoms with E-state index in [0.717, 1.165) is 17.0 Å². The summed E-state index contributed by atoms with van der Waals surface area (Å²) in [7, 11) is 0. The van der Waals surface area contributed by atoms with E-state index in [1.54, 1.807) is 16.8 Å². The third-order valence-electron chi connectivity index (χ3n) is 3.14. The summed E-state index contributed by atoms with van der Waals surface area (Å²) in [5.41, 5.74) is 2.39. The fourth-order valence-corrected chi connectivity index (χ4v) is 2.22. The monoisotopic (exact) mass is 296 g/mol. The Bertz CT molecular complexity index is 826. The van der Waals surface area contributed by atoms with E-state index >= 15 is 0 Å². The molecule has 0 bridgehead atoms. The van der Waals surface area contributed by atoms with Crippen molar-refractivity contribution in [3.8, 4) is 17.0 Å². The lowest BCUT2D eigenvalue weighted by atomic mass is 10.1. The Labute approximate surface area is 127 Å². The van der Waals surface area contributed by atoms with Crippen LogP contribution in [-0.2, 0) is 4.79 Å². The molecule has 0 spiro atoms. The first kappa shape index (κ1) is 14.1. The van der Waals surface area contributed by atoms with Crippen LogP contribution >= 0.6 is 0 Å². The highest BCUT2D eigenvalue weighted by atomic mass is 16.5. The summed E-state index contributed by atoms with van der Waals surface area (Å²) in [6.45, 7) is 4.03. The molecule has 0 saturated carbocycles. The molecule has 3 rings (SSSR count). The van der Waals surface area contributed by atoms with Crippen LogP contribution < -0.4 is 10.1 Å². The third-order valence-corrected chi connectivity index (χ3v) is 3.14. The second-order valence-corrected chi connectivity index (χ2v) is 4.79. The van der Waals surface area contributed by atoms with E-state index in [-0.39, 0.29) is 5.91 Å². The number of fused-ring (bicyclic) bond motifs is 1. The molecular formula is C16H16N4O2. The number of anilines is 1. The summed E-state index contributed by atoms with van der Waals surface area (Å²) in [6.07, 6.45) is 5.13. The maximum atomic E-state index is 11.2. The molecule has 0 radical (unpaired) electrons. The zero-order valence-corrected chi connectivity index (χ0v) is 12.4. The van der Waals surface area contributed by atoms with Gasteiger partial charge in [-0.05, 0) is 19.1 Å². The largest absolute Gasteiger partial charge is 0.494 e. The number of imidazole rings is 1. The van der Waals surface area contributed by atoms with Gasteiger partial charge in [-0.2, -0.15) is 0 Å². The fraction of sp³-hybridized carbons (Fsp3) is 0.188. The van der Waals surface area contributed by atoms with Gasteiger partial charge in [0.25, 0.3) is 0 Å². The molecule has 0 saturated heterocycles. The lowest BCUT2D eigenvalue weighted by molar-refractivity contribution is -0.114. The highest BCUT2D eigenvalue weighted by Crippen LogP contribution is 2.23. The van der Waals surface area contributed by atoms with Crippen molar-refractivity contribution in [3.05, 3.63) is 42.9 Å². The standard InChI is InChI=1S/C16H16N4O2/c1-3-22-13-6-4-5-12(7-13)14-10-20-15(8-17-14)18-9-16(20)19-11(2)21/h4-10H,3H2,1-2H3,(H,19,21). The first-order chi connectivity index (χ1) is 10.7. The van der Waals surface area contributed by atoms with E-state index < -0.39 is 0 Å². The van der Waals surface area contributed by atoms with Gasteiger partial charge in [0.2, 0.25) is 5.91 Å². The number of hydrogen-bond acceptors (Lipinski definition) is 4.